The Morgan fingerprint density at radius 3 is 2.53 bits per heavy atom. The minimum absolute atomic E-state index is 0.779. The molecule has 0 heterocycles. The maximum Gasteiger partial charge on any atom is 0.0406 e. The third-order valence-corrected chi connectivity index (χ3v) is 4.20. The summed E-state index contributed by atoms with van der Waals surface area (Å²) in [6.07, 6.45) is 0. The van der Waals surface area contributed by atoms with Gasteiger partial charge in [-0.2, -0.15) is 0 Å². The molecule has 100 valence electrons. The number of hydrogen-bond acceptors (Lipinski definition) is 2. The predicted molar refractivity (Wildman–Crippen MR) is 84.1 cm³/mol. The molecule has 2 aromatic carbocycles. The molecule has 2 aromatic rings. The fourth-order valence-electron chi connectivity index (χ4n) is 1.84. The molecule has 0 bridgehead atoms. The van der Waals surface area contributed by atoms with Gasteiger partial charge in [-0.1, -0.05) is 48.0 Å². The first-order chi connectivity index (χ1) is 9.19. The molecule has 0 fully saturated rings. The normalized spacial score (nSPS) is 10.7. The summed E-state index contributed by atoms with van der Waals surface area (Å²) in [5, 5.41) is 4.17. The number of nitrogens with one attached hydrogen (secondary N) is 1. The van der Waals surface area contributed by atoms with Gasteiger partial charge in [-0.3, -0.25) is 0 Å². The zero-order valence-electron chi connectivity index (χ0n) is 11.2. The standard InChI is InChI=1S/C16H18ClNS/c1-3-18-11-13-10-12(2)4-9-16(13)19-15-7-5-14(17)6-8-15/h4-10,18H,3,11H2,1-2H3. The van der Waals surface area contributed by atoms with Gasteiger partial charge in [-0.05, 0) is 49.4 Å². The SMILES string of the molecule is CCNCc1cc(C)ccc1Sc1ccc(Cl)cc1. The highest BCUT2D eigenvalue weighted by Gasteiger charge is 2.05. The van der Waals surface area contributed by atoms with Crippen LogP contribution in [0.4, 0.5) is 0 Å². The highest BCUT2D eigenvalue weighted by molar-refractivity contribution is 7.99. The lowest BCUT2D eigenvalue weighted by molar-refractivity contribution is 0.717. The van der Waals surface area contributed by atoms with Crippen molar-refractivity contribution in [3.63, 3.8) is 0 Å². The molecule has 0 amide bonds. The first-order valence-corrected chi connectivity index (χ1v) is 7.62. The molecule has 0 aliphatic heterocycles. The second-order valence-corrected chi connectivity index (χ2v) is 6.00. The first kappa shape index (κ1) is 14.4. The molecule has 0 spiro atoms. The zero-order chi connectivity index (χ0) is 13.7. The lowest BCUT2D eigenvalue weighted by Gasteiger charge is -2.11. The van der Waals surface area contributed by atoms with Gasteiger partial charge in [0.05, 0.1) is 0 Å². The van der Waals surface area contributed by atoms with E-state index >= 15 is 0 Å². The van der Waals surface area contributed by atoms with Gasteiger partial charge in [0.2, 0.25) is 0 Å². The summed E-state index contributed by atoms with van der Waals surface area (Å²) in [6, 6.07) is 14.6. The van der Waals surface area contributed by atoms with Crippen LogP contribution in [0.3, 0.4) is 0 Å². The Kier molecular flexibility index (Phi) is 5.32. The number of hydrogen-bond donors (Lipinski definition) is 1. The summed E-state index contributed by atoms with van der Waals surface area (Å²) in [5.74, 6) is 0. The molecule has 1 nitrogen and oxygen atoms in total. The average Bonchev–Trinajstić information content (AvgIpc) is 2.41. The third-order valence-electron chi connectivity index (χ3n) is 2.82. The van der Waals surface area contributed by atoms with E-state index in [1.807, 2.05) is 12.1 Å². The largest absolute Gasteiger partial charge is 0.313 e. The molecule has 1 N–H and O–H groups in total. The molecule has 0 aromatic heterocycles. The molecule has 3 heteroatoms. The Labute approximate surface area is 124 Å². The van der Waals surface area contributed by atoms with Crippen molar-refractivity contribution in [1.82, 2.24) is 5.32 Å². The van der Waals surface area contributed by atoms with Crippen LogP contribution in [0.5, 0.6) is 0 Å². The predicted octanol–water partition coefficient (Wildman–Crippen LogP) is 4.91. The third kappa shape index (κ3) is 4.27. The van der Waals surface area contributed by atoms with E-state index in [2.05, 4.69) is 49.5 Å². The second kappa shape index (κ2) is 6.99. The minimum Gasteiger partial charge on any atom is -0.313 e. The number of aryl methyl sites for hydroxylation is 1. The molecular formula is C16H18ClNS. The Bertz CT molecular complexity index is 537. The minimum atomic E-state index is 0.779. The smallest absolute Gasteiger partial charge is 0.0406 e. The van der Waals surface area contributed by atoms with Crippen LogP contribution in [-0.2, 0) is 6.54 Å². The molecule has 0 aliphatic carbocycles. The van der Waals surface area contributed by atoms with Crippen LogP contribution in [0.1, 0.15) is 18.1 Å². The van der Waals surface area contributed by atoms with Crippen molar-refractivity contribution < 1.29 is 0 Å². The van der Waals surface area contributed by atoms with Crippen LogP contribution in [0.15, 0.2) is 52.3 Å². The summed E-state index contributed by atoms with van der Waals surface area (Å²) in [4.78, 5) is 2.51. The maximum absolute atomic E-state index is 5.92. The van der Waals surface area contributed by atoms with Gasteiger partial charge in [-0.15, -0.1) is 0 Å². The molecule has 0 unspecified atom stereocenters. The zero-order valence-corrected chi connectivity index (χ0v) is 12.8. The average molecular weight is 292 g/mol. The Hall–Kier alpha value is -0.960. The van der Waals surface area contributed by atoms with Crippen LogP contribution in [0.2, 0.25) is 5.02 Å². The molecule has 19 heavy (non-hydrogen) atoms. The van der Waals surface area contributed by atoms with Crippen molar-refractivity contribution in [1.29, 1.82) is 0 Å². The first-order valence-electron chi connectivity index (χ1n) is 6.42. The van der Waals surface area contributed by atoms with Gasteiger partial charge in [0, 0.05) is 21.4 Å². The van der Waals surface area contributed by atoms with Crippen molar-refractivity contribution in [3.8, 4) is 0 Å². The van der Waals surface area contributed by atoms with Crippen LogP contribution in [0, 0.1) is 6.92 Å². The van der Waals surface area contributed by atoms with E-state index < -0.39 is 0 Å². The van der Waals surface area contributed by atoms with Crippen molar-refractivity contribution in [2.75, 3.05) is 6.54 Å². The molecule has 2 rings (SSSR count). The van der Waals surface area contributed by atoms with E-state index in [1.54, 1.807) is 11.8 Å². The van der Waals surface area contributed by atoms with E-state index in [0.717, 1.165) is 18.1 Å². The Morgan fingerprint density at radius 1 is 1.11 bits per heavy atom. The van der Waals surface area contributed by atoms with Gasteiger partial charge in [-0.25, -0.2) is 0 Å². The van der Waals surface area contributed by atoms with Crippen LogP contribution in [0.25, 0.3) is 0 Å². The maximum atomic E-state index is 5.92. The fourth-order valence-corrected chi connectivity index (χ4v) is 2.89. The molecule has 0 atom stereocenters. The lowest BCUT2D eigenvalue weighted by atomic mass is 10.1. The summed E-state index contributed by atoms with van der Waals surface area (Å²) < 4.78 is 0. The van der Waals surface area contributed by atoms with Crippen molar-refractivity contribution in [2.45, 2.75) is 30.2 Å². The van der Waals surface area contributed by atoms with Crippen LogP contribution < -0.4 is 5.32 Å². The van der Waals surface area contributed by atoms with E-state index in [4.69, 9.17) is 11.6 Å². The summed E-state index contributed by atoms with van der Waals surface area (Å²) in [6.45, 7) is 6.15. The van der Waals surface area contributed by atoms with Crippen molar-refractivity contribution in [3.05, 3.63) is 58.6 Å². The Balaban J connectivity index is 2.20. The molecule has 0 radical (unpaired) electrons. The van der Waals surface area contributed by atoms with Gasteiger partial charge in [0.1, 0.15) is 0 Å². The van der Waals surface area contributed by atoms with E-state index in [9.17, 15) is 0 Å². The number of halogens is 1. The monoisotopic (exact) mass is 291 g/mol. The van der Waals surface area contributed by atoms with E-state index in [1.165, 1.54) is 20.9 Å². The fraction of sp³-hybridized carbons (Fsp3) is 0.250. The topological polar surface area (TPSA) is 12.0 Å². The second-order valence-electron chi connectivity index (χ2n) is 4.45. The molecular weight excluding hydrogens is 274 g/mol. The molecule has 0 saturated carbocycles. The van der Waals surface area contributed by atoms with Gasteiger partial charge >= 0.3 is 0 Å². The quantitative estimate of drug-likeness (QED) is 0.840. The summed E-state index contributed by atoms with van der Waals surface area (Å²) >= 11 is 7.70. The van der Waals surface area contributed by atoms with E-state index in [-0.39, 0.29) is 0 Å². The summed E-state index contributed by atoms with van der Waals surface area (Å²) in [5.41, 5.74) is 2.65. The van der Waals surface area contributed by atoms with Crippen molar-refractivity contribution in [2.24, 2.45) is 0 Å². The Morgan fingerprint density at radius 2 is 1.84 bits per heavy atom. The van der Waals surface area contributed by atoms with E-state index in [0.29, 0.717) is 0 Å². The van der Waals surface area contributed by atoms with Crippen LogP contribution >= 0.6 is 23.4 Å². The molecule has 0 saturated heterocycles. The van der Waals surface area contributed by atoms with Gasteiger partial charge < -0.3 is 5.32 Å². The summed E-state index contributed by atoms with van der Waals surface area (Å²) in [7, 11) is 0. The number of rotatable bonds is 5. The number of benzene rings is 2. The highest BCUT2D eigenvalue weighted by Crippen LogP contribution is 2.31. The van der Waals surface area contributed by atoms with Gasteiger partial charge in [0.15, 0.2) is 0 Å². The lowest BCUT2D eigenvalue weighted by Crippen LogP contribution is -2.12. The highest BCUT2D eigenvalue weighted by atomic mass is 35.5. The van der Waals surface area contributed by atoms with Crippen molar-refractivity contribution >= 4 is 23.4 Å². The molecule has 0 aliphatic rings. The van der Waals surface area contributed by atoms with Gasteiger partial charge in [0.25, 0.3) is 0 Å². The van der Waals surface area contributed by atoms with Crippen LogP contribution in [-0.4, -0.2) is 6.54 Å².